The van der Waals surface area contributed by atoms with Crippen molar-refractivity contribution in [1.82, 2.24) is 12.9 Å². The molecular weight excluding hydrogens is 242 g/mol. The molecule has 2 saturated heterocycles. The summed E-state index contributed by atoms with van der Waals surface area (Å²) < 4.78 is 29.9. The summed E-state index contributed by atoms with van der Waals surface area (Å²) in [6, 6.07) is 0. The summed E-state index contributed by atoms with van der Waals surface area (Å²) in [6.45, 7) is 5.57. The Morgan fingerprint density at radius 2 is 1.24 bits per heavy atom. The van der Waals surface area contributed by atoms with E-state index in [0.29, 0.717) is 26.4 Å². The summed E-state index contributed by atoms with van der Waals surface area (Å²) in [5.41, 5.74) is 0. The van der Waals surface area contributed by atoms with Crippen LogP contribution in [-0.4, -0.2) is 79.6 Å². The van der Waals surface area contributed by atoms with Gasteiger partial charge >= 0.3 is 10.5 Å². The van der Waals surface area contributed by atoms with Gasteiger partial charge in [-0.15, -0.1) is 0 Å². The molecule has 0 aliphatic carbocycles. The molecule has 2 fully saturated rings. The van der Waals surface area contributed by atoms with E-state index in [0.717, 1.165) is 26.2 Å². The molecular formula is C10H22N3O3S+. The lowest BCUT2D eigenvalue weighted by Crippen LogP contribution is -2.60. The Labute approximate surface area is 104 Å². The van der Waals surface area contributed by atoms with Gasteiger partial charge in [0.1, 0.15) is 0 Å². The molecule has 2 aliphatic heterocycles. The lowest BCUT2D eigenvalue weighted by molar-refractivity contribution is 0.0519. The molecule has 7 heteroatoms. The molecule has 0 bridgehead atoms. The number of hydrogen-bond donors (Lipinski definition) is 0. The first-order valence-corrected chi connectivity index (χ1v) is 7.46. The van der Waals surface area contributed by atoms with E-state index < -0.39 is 10.5 Å². The van der Waals surface area contributed by atoms with Gasteiger partial charge in [-0.1, -0.05) is 12.9 Å². The van der Waals surface area contributed by atoms with Gasteiger partial charge in [-0.3, -0.25) is 0 Å². The molecule has 100 valence electrons. The van der Waals surface area contributed by atoms with Gasteiger partial charge in [0.15, 0.2) is 0 Å². The summed E-state index contributed by atoms with van der Waals surface area (Å²) >= 11 is 0. The second-order valence-corrected chi connectivity index (χ2v) is 7.06. The fourth-order valence-electron chi connectivity index (χ4n) is 2.19. The first-order chi connectivity index (χ1) is 8.15. The standard InChI is InChI=1S/C10H22N3O3S/c1-11(2)17(14,12-3-7-15-8-4-12)13-5-9-16-10-6-13/h3-10H2,1-2H3/q+1. The largest absolute Gasteiger partial charge is 0.378 e. The molecule has 0 N–H and O–H groups in total. The van der Waals surface area contributed by atoms with Crippen molar-refractivity contribution in [2.75, 3.05) is 66.7 Å². The fraction of sp³-hybridized carbons (Fsp3) is 1.00. The van der Waals surface area contributed by atoms with E-state index in [9.17, 15) is 4.21 Å². The summed E-state index contributed by atoms with van der Waals surface area (Å²) in [5.74, 6) is 0. The number of ether oxygens (including phenoxy) is 2. The van der Waals surface area contributed by atoms with Crippen LogP contribution in [0.1, 0.15) is 0 Å². The van der Waals surface area contributed by atoms with Gasteiger partial charge in [-0.2, -0.15) is 0 Å². The maximum atomic E-state index is 13.3. The van der Waals surface area contributed by atoms with Gasteiger partial charge in [0.05, 0.1) is 52.6 Å². The van der Waals surface area contributed by atoms with E-state index in [1.54, 1.807) is 0 Å². The molecule has 0 saturated carbocycles. The van der Waals surface area contributed by atoms with Crippen molar-refractivity contribution in [1.29, 1.82) is 0 Å². The average molecular weight is 264 g/mol. The molecule has 2 rings (SSSR count). The van der Waals surface area contributed by atoms with Gasteiger partial charge in [0.25, 0.3) is 0 Å². The van der Waals surface area contributed by atoms with Crippen LogP contribution in [0.3, 0.4) is 0 Å². The normalized spacial score (nSPS) is 25.4. The third kappa shape index (κ3) is 2.69. The van der Waals surface area contributed by atoms with Crippen molar-refractivity contribution < 1.29 is 13.7 Å². The molecule has 2 heterocycles. The third-order valence-corrected chi connectivity index (χ3v) is 6.12. The van der Waals surface area contributed by atoms with Gasteiger partial charge in [0.2, 0.25) is 0 Å². The average Bonchev–Trinajstić information content (AvgIpc) is 2.39. The Balaban J connectivity index is 2.14. The van der Waals surface area contributed by atoms with Gasteiger partial charge in [-0.05, 0) is 4.21 Å². The number of morpholine rings is 2. The Morgan fingerprint density at radius 3 is 1.53 bits per heavy atom. The molecule has 2 aliphatic rings. The van der Waals surface area contributed by atoms with E-state index in [-0.39, 0.29) is 0 Å². The van der Waals surface area contributed by atoms with Crippen LogP contribution in [0.2, 0.25) is 0 Å². The molecule has 0 spiro atoms. The van der Waals surface area contributed by atoms with Crippen molar-refractivity contribution in [3.8, 4) is 0 Å². The minimum absolute atomic E-state index is 0.662. The lowest BCUT2D eigenvalue weighted by Gasteiger charge is -2.37. The van der Waals surface area contributed by atoms with Crippen LogP contribution in [0.5, 0.6) is 0 Å². The second-order valence-electron chi connectivity index (χ2n) is 4.36. The number of rotatable bonds is 3. The minimum atomic E-state index is -2.27. The molecule has 17 heavy (non-hydrogen) atoms. The Morgan fingerprint density at radius 1 is 0.882 bits per heavy atom. The van der Waals surface area contributed by atoms with Crippen LogP contribution >= 0.6 is 0 Å². The Hall–Kier alpha value is -0.0500. The molecule has 0 radical (unpaired) electrons. The van der Waals surface area contributed by atoms with Crippen molar-refractivity contribution >= 4 is 10.5 Å². The van der Waals surface area contributed by atoms with Gasteiger partial charge in [0, 0.05) is 14.1 Å². The fourth-order valence-corrected chi connectivity index (χ4v) is 4.69. The zero-order valence-corrected chi connectivity index (χ0v) is 11.4. The van der Waals surface area contributed by atoms with E-state index in [1.165, 1.54) is 0 Å². The Kier molecular flexibility index (Phi) is 4.51. The van der Waals surface area contributed by atoms with E-state index >= 15 is 0 Å². The highest BCUT2D eigenvalue weighted by atomic mass is 32.3. The molecule has 0 aromatic heterocycles. The van der Waals surface area contributed by atoms with Crippen molar-refractivity contribution in [3.05, 3.63) is 0 Å². The minimum Gasteiger partial charge on any atom is -0.378 e. The van der Waals surface area contributed by atoms with Crippen LogP contribution in [0.4, 0.5) is 0 Å². The quantitative estimate of drug-likeness (QED) is 0.643. The van der Waals surface area contributed by atoms with Crippen LogP contribution in [0, 0.1) is 0 Å². The Bertz CT molecular complexity index is 267. The topological polar surface area (TPSA) is 45.2 Å². The van der Waals surface area contributed by atoms with Crippen LogP contribution in [0.25, 0.3) is 0 Å². The highest BCUT2D eigenvalue weighted by molar-refractivity contribution is 7.96. The first-order valence-electron chi connectivity index (χ1n) is 6.03. The maximum absolute atomic E-state index is 13.3. The molecule has 0 aromatic rings. The number of hydrogen-bond acceptors (Lipinski definition) is 3. The summed E-state index contributed by atoms with van der Waals surface area (Å²) in [6.07, 6.45) is 0. The summed E-state index contributed by atoms with van der Waals surface area (Å²) in [5, 5.41) is 0. The van der Waals surface area contributed by atoms with Crippen molar-refractivity contribution in [3.63, 3.8) is 0 Å². The van der Waals surface area contributed by atoms with E-state index in [1.807, 2.05) is 27.0 Å². The summed E-state index contributed by atoms with van der Waals surface area (Å²) in [7, 11) is 1.50. The van der Waals surface area contributed by atoms with Crippen molar-refractivity contribution in [2.45, 2.75) is 0 Å². The first kappa shape index (κ1) is 13.4. The molecule has 0 amide bonds. The highest BCUT2D eigenvalue weighted by Crippen LogP contribution is 2.23. The van der Waals surface area contributed by atoms with Crippen LogP contribution < -0.4 is 0 Å². The van der Waals surface area contributed by atoms with Crippen molar-refractivity contribution in [2.24, 2.45) is 0 Å². The van der Waals surface area contributed by atoms with E-state index in [2.05, 4.69) is 0 Å². The number of nitrogens with zero attached hydrogens (tertiary/aromatic N) is 3. The van der Waals surface area contributed by atoms with E-state index in [4.69, 9.17) is 9.47 Å². The molecule has 0 atom stereocenters. The molecule has 0 unspecified atom stereocenters. The monoisotopic (exact) mass is 264 g/mol. The van der Waals surface area contributed by atoms with Crippen LogP contribution in [-0.2, 0) is 24.2 Å². The predicted octanol–water partition coefficient (Wildman–Crippen LogP) is -0.543. The second kappa shape index (κ2) is 5.73. The smallest absolute Gasteiger partial charge is 0.313 e. The molecule has 6 nitrogen and oxygen atoms in total. The predicted molar refractivity (Wildman–Crippen MR) is 66.5 cm³/mol. The van der Waals surface area contributed by atoms with Gasteiger partial charge < -0.3 is 9.47 Å². The highest BCUT2D eigenvalue weighted by Gasteiger charge is 2.48. The zero-order valence-electron chi connectivity index (χ0n) is 10.6. The maximum Gasteiger partial charge on any atom is 0.313 e. The van der Waals surface area contributed by atoms with Gasteiger partial charge in [-0.25, -0.2) is 0 Å². The third-order valence-electron chi connectivity index (χ3n) is 3.09. The SMILES string of the molecule is CN(C)[S+](=O)(N1CCOCC1)N1CCOCC1. The lowest BCUT2D eigenvalue weighted by atomic mass is 10.5. The molecule has 0 aromatic carbocycles. The summed E-state index contributed by atoms with van der Waals surface area (Å²) in [4.78, 5) is 0. The zero-order chi connectivity index (χ0) is 12.3. The van der Waals surface area contributed by atoms with Crippen LogP contribution in [0.15, 0.2) is 0 Å².